The standard InChI is InChI=1S/C22H18FN2O.C17H22NSi.Ir/c23-17-12-19-18-11-16(5-6-21(18)26-22(19)25-13-17)20-10-15(7-8-24-20)9-14-3-1-2-4-14;1-13(2)15-11-16(14-9-7-6-8-10-14)18-12-17(15)19(3,4)5;/h6-8,10-14H,1-4,9H2;6-9,11-13H,1-5H3;/q2*-1;/i;13D;. The molecule has 2 aromatic carbocycles. The van der Waals surface area contributed by atoms with E-state index in [1.165, 1.54) is 48.7 Å². The first kappa shape index (κ1) is 32.4. The second kappa shape index (κ2) is 14.5. The summed E-state index contributed by atoms with van der Waals surface area (Å²) in [6.07, 6.45) is 11.5. The van der Waals surface area contributed by atoms with Gasteiger partial charge in [-0.3, -0.25) is 0 Å². The van der Waals surface area contributed by atoms with E-state index in [2.05, 4.69) is 64.9 Å². The molecule has 0 atom stereocenters. The molecule has 1 aliphatic rings. The summed E-state index contributed by atoms with van der Waals surface area (Å²) in [4.78, 5) is 13.2. The summed E-state index contributed by atoms with van der Waals surface area (Å²) in [5.74, 6) is -0.183. The van der Waals surface area contributed by atoms with E-state index in [0.717, 1.165) is 45.8 Å². The number of pyridine rings is 3. The maximum Gasteiger partial charge on any atom is 0.216 e. The van der Waals surface area contributed by atoms with E-state index < -0.39 is 14.0 Å². The van der Waals surface area contributed by atoms with Crippen LogP contribution in [0.5, 0.6) is 0 Å². The van der Waals surface area contributed by atoms with Crippen LogP contribution in [0.15, 0.2) is 83.7 Å². The van der Waals surface area contributed by atoms with Crippen molar-refractivity contribution < 1.29 is 30.3 Å². The van der Waals surface area contributed by atoms with Crippen molar-refractivity contribution in [1.82, 2.24) is 15.0 Å². The molecule has 46 heavy (non-hydrogen) atoms. The summed E-state index contributed by atoms with van der Waals surface area (Å²) < 4.78 is 27.7. The fourth-order valence-corrected chi connectivity index (χ4v) is 7.77. The Labute approximate surface area is 287 Å². The third kappa shape index (κ3) is 7.71. The normalized spacial score (nSPS) is 14.1. The van der Waals surface area contributed by atoms with Gasteiger partial charge >= 0.3 is 0 Å². The molecule has 1 fully saturated rings. The van der Waals surface area contributed by atoms with Crippen LogP contribution in [0, 0.1) is 23.9 Å². The SMILES string of the molecule is Fc1cnc2oc3c[c-]c(-c4cc(CC5CCCC5)ccn4)cc3c2c1.[2H]C(C)(C)c1cc(-c2[c-]cccc2)ncc1[Si](C)(C)C.[Ir]. The van der Waals surface area contributed by atoms with Gasteiger partial charge in [0, 0.05) is 39.3 Å². The van der Waals surface area contributed by atoms with E-state index in [1.54, 1.807) is 6.07 Å². The van der Waals surface area contributed by atoms with Crippen LogP contribution in [0.4, 0.5) is 4.39 Å². The zero-order chi connectivity index (χ0) is 32.5. The number of furan rings is 1. The van der Waals surface area contributed by atoms with Crippen LogP contribution < -0.4 is 5.19 Å². The molecule has 239 valence electrons. The molecule has 6 aromatic rings. The summed E-state index contributed by atoms with van der Waals surface area (Å²) >= 11 is 0. The zero-order valence-electron chi connectivity index (χ0n) is 28.1. The number of halogens is 1. The molecule has 4 aromatic heterocycles. The fourth-order valence-electron chi connectivity index (χ4n) is 6.19. The van der Waals surface area contributed by atoms with Crippen molar-refractivity contribution in [2.75, 3.05) is 0 Å². The predicted octanol–water partition coefficient (Wildman–Crippen LogP) is 9.93. The molecular formula is C39H40FIrN3OSi-2. The van der Waals surface area contributed by atoms with Gasteiger partial charge in [0.05, 0.1) is 19.9 Å². The van der Waals surface area contributed by atoms with Gasteiger partial charge in [0.1, 0.15) is 5.82 Å². The quantitative estimate of drug-likeness (QED) is 0.124. The molecular weight excluding hydrogens is 766 g/mol. The van der Waals surface area contributed by atoms with Gasteiger partial charge in [-0.05, 0) is 46.9 Å². The largest absolute Gasteiger partial charge is 0.486 e. The van der Waals surface area contributed by atoms with Crippen molar-refractivity contribution in [3.63, 3.8) is 0 Å². The monoisotopic (exact) mass is 807 g/mol. The van der Waals surface area contributed by atoms with Gasteiger partial charge in [-0.1, -0.05) is 87.8 Å². The van der Waals surface area contributed by atoms with Crippen LogP contribution in [-0.2, 0) is 26.5 Å². The predicted molar refractivity (Wildman–Crippen MR) is 185 cm³/mol. The molecule has 0 saturated heterocycles. The molecule has 0 spiro atoms. The molecule has 0 aliphatic heterocycles. The minimum absolute atomic E-state index is 0. The van der Waals surface area contributed by atoms with E-state index in [-0.39, 0.29) is 25.9 Å². The van der Waals surface area contributed by atoms with Crippen LogP contribution >= 0.6 is 0 Å². The number of rotatable bonds is 6. The Morgan fingerprint density at radius 1 is 0.935 bits per heavy atom. The van der Waals surface area contributed by atoms with Gasteiger partial charge < -0.3 is 14.4 Å². The summed E-state index contributed by atoms with van der Waals surface area (Å²) in [6, 6.07) is 25.8. The molecule has 0 amide bonds. The Morgan fingerprint density at radius 3 is 2.43 bits per heavy atom. The molecule has 7 rings (SSSR count). The topological polar surface area (TPSA) is 51.8 Å². The number of hydrogen-bond donors (Lipinski definition) is 0. The maximum absolute atomic E-state index is 13.6. The molecule has 7 heteroatoms. The zero-order valence-corrected chi connectivity index (χ0v) is 30.5. The first-order valence-corrected chi connectivity index (χ1v) is 19.3. The minimum atomic E-state index is -1.50. The van der Waals surface area contributed by atoms with Gasteiger partial charge in [0.25, 0.3) is 0 Å². The van der Waals surface area contributed by atoms with Gasteiger partial charge in [0.2, 0.25) is 5.71 Å². The van der Waals surface area contributed by atoms with E-state index >= 15 is 0 Å². The Hall–Kier alpha value is -3.51. The van der Waals surface area contributed by atoms with Crippen LogP contribution in [0.25, 0.3) is 44.6 Å². The van der Waals surface area contributed by atoms with Gasteiger partial charge in [0.15, 0.2) is 0 Å². The average molecular weight is 807 g/mol. The number of nitrogens with zero attached hydrogens (tertiary/aromatic N) is 3. The van der Waals surface area contributed by atoms with Crippen LogP contribution in [0.2, 0.25) is 19.6 Å². The van der Waals surface area contributed by atoms with Crippen molar-refractivity contribution >= 4 is 35.3 Å². The fraction of sp³-hybridized carbons (Fsp3) is 0.308. The van der Waals surface area contributed by atoms with E-state index in [0.29, 0.717) is 16.7 Å². The third-order valence-corrected chi connectivity index (χ3v) is 10.6. The number of benzene rings is 2. The van der Waals surface area contributed by atoms with Crippen molar-refractivity contribution in [1.29, 1.82) is 0 Å². The molecule has 4 heterocycles. The van der Waals surface area contributed by atoms with Crippen LogP contribution in [0.3, 0.4) is 0 Å². The molecule has 0 N–H and O–H groups in total. The average Bonchev–Trinajstić information content (AvgIpc) is 3.68. The maximum atomic E-state index is 13.6. The Balaban J connectivity index is 0.000000188. The second-order valence-electron chi connectivity index (χ2n) is 13.3. The Bertz CT molecular complexity index is 1980. The summed E-state index contributed by atoms with van der Waals surface area (Å²) in [7, 11) is -1.50. The summed E-state index contributed by atoms with van der Waals surface area (Å²) in [5.41, 5.74) is 7.18. The van der Waals surface area contributed by atoms with E-state index in [9.17, 15) is 4.39 Å². The van der Waals surface area contributed by atoms with E-state index in [1.807, 2.05) is 56.6 Å². The Morgan fingerprint density at radius 2 is 1.72 bits per heavy atom. The molecule has 1 saturated carbocycles. The third-order valence-electron chi connectivity index (χ3n) is 8.56. The van der Waals surface area contributed by atoms with Crippen molar-refractivity contribution in [3.05, 3.63) is 108 Å². The van der Waals surface area contributed by atoms with Gasteiger partial charge in [-0.15, -0.1) is 59.7 Å². The number of hydrogen-bond acceptors (Lipinski definition) is 4. The smallest absolute Gasteiger partial charge is 0.216 e. The molecule has 0 bridgehead atoms. The van der Waals surface area contributed by atoms with Crippen molar-refractivity contribution in [2.45, 2.75) is 71.5 Å². The molecule has 0 unspecified atom stereocenters. The van der Waals surface area contributed by atoms with E-state index in [4.69, 9.17) is 5.79 Å². The first-order valence-electron chi connectivity index (χ1n) is 16.3. The minimum Gasteiger partial charge on any atom is -0.486 e. The number of fused-ring (bicyclic) bond motifs is 3. The second-order valence-corrected chi connectivity index (χ2v) is 18.3. The summed E-state index contributed by atoms with van der Waals surface area (Å²) in [6.45, 7) is 10.8. The Kier molecular flexibility index (Phi) is 10.2. The van der Waals surface area contributed by atoms with Crippen LogP contribution in [-0.4, -0.2) is 23.0 Å². The number of aromatic nitrogens is 3. The van der Waals surface area contributed by atoms with Crippen molar-refractivity contribution in [2.24, 2.45) is 5.92 Å². The molecule has 4 nitrogen and oxygen atoms in total. The van der Waals surface area contributed by atoms with Crippen molar-refractivity contribution in [3.8, 4) is 22.5 Å². The van der Waals surface area contributed by atoms with Gasteiger partial charge in [-0.2, -0.15) is 0 Å². The molecule has 1 radical (unpaired) electrons. The van der Waals surface area contributed by atoms with Crippen LogP contribution in [0.1, 0.15) is 57.9 Å². The summed E-state index contributed by atoms with van der Waals surface area (Å²) in [5, 5.41) is 2.79. The molecule has 1 aliphatic carbocycles. The van der Waals surface area contributed by atoms with Gasteiger partial charge in [-0.25, -0.2) is 9.37 Å². The first-order chi connectivity index (χ1) is 22.0.